The van der Waals surface area contributed by atoms with Crippen molar-refractivity contribution in [2.24, 2.45) is 17.3 Å². The number of hydrogen-bond acceptors (Lipinski definition) is 2. The third-order valence-electron chi connectivity index (χ3n) is 7.17. The van der Waals surface area contributed by atoms with E-state index in [-0.39, 0.29) is 11.5 Å². The summed E-state index contributed by atoms with van der Waals surface area (Å²) in [7, 11) is 0. The number of fused-ring (bicyclic) bond motifs is 5. The van der Waals surface area contributed by atoms with Crippen LogP contribution in [0.1, 0.15) is 68.6 Å². The molecule has 0 aromatic heterocycles. The second-order valence-corrected chi connectivity index (χ2v) is 8.16. The van der Waals surface area contributed by atoms with Gasteiger partial charge >= 0.3 is 0 Å². The maximum atomic E-state index is 10.5. The molecule has 0 saturated heterocycles. The molecule has 0 radical (unpaired) electrons. The maximum absolute atomic E-state index is 10.5. The number of aromatic hydroxyl groups is 1. The van der Waals surface area contributed by atoms with Gasteiger partial charge in [0.1, 0.15) is 5.75 Å². The number of phenols is 1. The van der Waals surface area contributed by atoms with Crippen LogP contribution in [0.2, 0.25) is 0 Å². The number of hydrogen-bond donors (Lipinski definition) is 2. The maximum Gasteiger partial charge on any atom is 0.123 e. The zero-order valence-corrected chi connectivity index (χ0v) is 14.3. The molecule has 2 nitrogen and oxygen atoms in total. The van der Waals surface area contributed by atoms with E-state index in [1.165, 1.54) is 30.4 Å². The number of aliphatic hydroxyl groups is 1. The summed E-state index contributed by atoms with van der Waals surface area (Å²) in [6.07, 6.45) is 10.7. The van der Waals surface area contributed by atoms with Crippen molar-refractivity contribution in [3.63, 3.8) is 0 Å². The molecular weight excluding hydrogens is 284 g/mol. The van der Waals surface area contributed by atoms with Crippen LogP contribution in [0.15, 0.2) is 18.2 Å². The van der Waals surface area contributed by atoms with Gasteiger partial charge in [-0.25, -0.2) is 0 Å². The molecule has 2 N–H and O–H groups in total. The lowest BCUT2D eigenvalue weighted by Crippen LogP contribution is -2.43. The Labute approximate surface area is 139 Å². The second kappa shape index (κ2) is 5.37. The molecule has 1 aromatic carbocycles. The van der Waals surface area contributed by atoms with Crippen LogP contribution in [-0.4, -0.2) is 16.3 Å². The third-order valence-corrected chi connectivity index (χ3v) is 7.17. The van der Waals surface area contributed by atoms with E-state index >= 15 is 0 Å². The molecule has 124 valence electrons. The van der Waals surface area contributed by atoms with Gasteiger partial charge < -0.3 is 10.2 Å². The first-order valence-electron chi connectivity index (χ1n) is 9.21. The Bertz CT molecular complexity index is 647. The van der Waals surface area contributed by atoms with Gasteiger partial charge in [0.15, 0.2) is 0 Å². The molecule has 1 aromatic rings. The number of phenolic OH excluding ortho intramolecular Hbond substituents is 1. The van der Waals surface area contributed by atoms with Crippen LogP contribution in [0.5, 0.6) is 5.75 Å². The summed E-state index contributed by atoms with van der Waals surface area (Å²) in [6, 6.07) is 4.23. The number of aryl methyl sites for hydroxylation is 1. The minimum atomic E-state index is -0.103. The molecule has 0 bridgehead atoms. The van der Waals surface area contributed by atoms with Crippen molar-refractivity contribution < 1.29 is 10.2 Å². The first-order chi connectivity index (χ1) is 11.0. The van der Waals surface area contributed by atoms with E-state index in [1.807, 2.05) is 25.1 Å². The van der Waals surface area contributed by atoms with Crippen molar-refractivity contribution in [3.05, 3.63) is 34.9 Å². The van der Waals surface area contributed by atoms with Crippen molar-refractivity contribution in [1.29, 1.82) is 0 Å². The summed E-state index contributed by atoms with van der Waals surface area (Å²) in [4.78, 5) is 0. The van der Waals surface area contributed by atoms with Gasteiger partial charge in [0.25, 0.3) is 0 Å². The van der Waals surface area contributed by atoms with E-state index in [1.54, 1.807) is 0 Å². The largest absolute Gasteiger partial charge is 0.507 e. The summed E-state index contributed by atoms with van der Waals surface area (Å²) in [5.74, 6) is 2.41. The minimum absolute atomic E-state index is 0.103. The Kier molecular flexibility index (Phi) is 3.57. The van der Waals surface area contributed by atoms with Crippen LogP contribution in [-0.2, 0) is 6.42 Å². The van der Waals surface area contributed by atoms with Crippen molar-refractivity contribution in [1.82, 2.24) is 0 Å². The molecule has 3 aliphatic carbocycles. The fourth-order valence-electron chi connectivity index (χ4n) is 5.91. The smallest absolute Gasteiger partial charge is 0.123 e. The van der Waals surface area contributed by atoms with E-state index in [4.69, 9.17) is 0 Å². The predicted octanol–water partition coefficient (Wildman–Crippen LogP) is 4.64. The van der Waals surface area contributed by atoms with Crippen LogP contribution in [0.4, 0.5) is 0 Å². The monoisotopic (exact) mass is 312 g/mol. The van der Waals surface area contributed by atoms with Gasteiger partial charge in [-0.05, 0) is 91.9 Å². The van der Waals surface area contributed by atoms with E-state index in [2.05, 4.69) is 13.0 Å². The quantitative estimate of drug-likeness (QED) is 0.793. The van der Waals surface area contributed by atoms with Gasteiger partial charge in [0, 0.05) is 5.56 Å². The fourth-order valence-corrected chi connectivity index (χ4v) is 5.91. The average molecular weight is 312 g/mol. The normalized spacial score (nSPS) is 39.1. The molecule has 5 unspecified atom stereocenters. The third kappa shape index (κ3) is 2.18. The Balaban J connectivity index is 1.73. The van der Waals surface area contributed by atoms with E-state index < -0.39 is 0 Å². The highest BCUT2D eigenvalue weighted by Gasteiger charge is 2.54. The highest BCUT2D eigenvalue weighted by Crippen LogP contribution is 2.61. The summed E-state index contributed by atoms with van der Waals surface area (Å²) >= 11 is 0. The second-order valence-electron chi connectivity index (χ2n) is 8.16. The molecule has 0 spiro atoms. The summed E-state index contributed by atoms with van der Waals surface area (Å²) < 4.78 is 0. The molecule has 23 heavy (non-hydrogen) atoms. The van der Waals surface area contributed by atoms with Gasteiger partial charge in [-0.15, -0.1) is 0 Å². The zero-order valence-electron chi connectivity index (χ0n) is 14.3. The van der Waals surface area contributed by atoms with E-state index in [0.717, 1.165) is 24.8 Å². The highest BCUT2D eigenvalue weighted by atomic mass is 16.3. The molecule has 0 aliphatic heterocycles. The first kappa shape index (κ1) is 15.3. The number of allylic oxidation sites excluding steroid dienone is 1. The van der Waals surface area contributed by atoms with E-state index in [0.29, 0.717) is 23.5 Å². The van der Waals surface area contributed by atoms with Crippen molar-refractivity contribution in [2.45, 2.75) is 64.4 Å². The molecule has 3 aliphatic rings. The standard InChI is InChI=1S/C21H28O2/c1-3-4-14-11-17-13(12-19(14)22)5-6-16-15(17)9-10-21(2)18(16)7-8-20(21)23/h3-4,11-12,15-16,18,20,22-23H,5-10H2,1-2H3. The Morgan fingerprint density at radius 2 is 2.00 bits per heavy atom. The molecule has 0 heterocycles. The van der Waals surface area contributed by atoms with Crippen LogP contribution < -0.4 is 0 Å². The van der Waals surface area contributed by atoms with Gasteiger partial charge in [-0.3, -0.25) is 0 Å². The van der Waals surface area contributed by atoms with E-state index in [9.17, 15) is 10.2 Å². The van der Waals surface area contributed by atoms with Crippen LogP contribution in [0.25, 0.3) is 6.08 Å². The Hall–Kier alpha value is -1.28. The van der Waals surface area contributed by atoms with Crippen molar-refractivity contribution in [3.8, 4) is 5.75 Å². The van der Waals surface area contributed by atoms with Crippen LogP contribution in [0.3, 0.4) is 0 Å². The van der Waals surface area contributed by atoms with Crippen LogP contribution >= 0.6 is 0 Å². The topological polar surface area (TPSA) is 40.5 Å². The number of rotatable bonds is 1. The molecule has 5 atom stereocenters. The number of aliphatic hydroxyl groups excluding tert-OH is 1. The highest BCUT2D eigenvalue weighted by molar-refractivity contribution is 5.60. The SMILES string of the molecule is CC=Cc1cc2c(cc1O)CCC1C2CCC2(C)C(O)CCC12. The molecule has 0 amide bonds. The van der Waals surface area contributed by atoms with Crippen molar-refractivity contribution >= 4 is 6.08 Å². The summed E-state index contributed by atoms with van der Waals surface area (Å²) in [5.41, 5.74) is 3.91. The van der Waals surface area contributed by atoms with Gasteiger partial charge in [-0.1, -0.05) is 19.1 Å². The minimum Gasteiger partial charge on any atom is -0.507 e. The Morgan fingerprint density at radius 3 is 2.78 bits per heavy atom. The lowest BCUT2D eigenvalue weighted by molar-refractivity contribution is -0.0226. The molecular formula is C21H28O2. The molecule has 4 rings (SSSR count). The summed E-state index contributed by atoms with van der Waals surface area (Å²) in [5, 5.41) is 20.7. The van der Waals surface area contributed by atoms with Gasteiger partial charge in [0.2, 0.25) is 0 Å². The Morgan fingerprint density at radius 1 is 1.17 bits per heavy atom. The lowest BCUT2D eigenvalue weighted by Gasteiger charge is -2.50. The molecule has 2 saturated carbocycles. The van der Waals surface area contributed by atoms with Crippen molar-refractivity contribution in [2.75, 3.05) is 0 Å². The molecule has 2 fully saturated rings. The van der Waals surface area contributed by atoms with Crippen LogP contribution in [0, 0.1) is 17.3 Å². The number of benzene rings is 1. The lowest BCUT2D eigenvalue weighted by atomic mass is 9.55. The average Bonchev–Trinajstić information content (AvgIpc) is 2.84. The van der Waals surface area contributed by atoms with Gasteiger partial charge in [0.05, 0.1) is 6.10 Å². The fraction of sp³-hybridized carbons (Fsp3) is 0.619. The first-order valence-corrected chi connectivity index (χ1v) is 9.21. The molecule has 2 heteroatoms. The summed E-state index contributed by atoms with van der Waals surface area (Å²) in [6.45, 7) is 4.32. The van der Waals surface area contributed by atoms with Gasteiger partial charge in [-0.2, -0.15) is 0 Å². The predicted molar refractivity (Wildman–Crippen MR) is 93.4 cm³/mol. The zero-order chi connectivity index (χ0) is 16.2.